The molecule has 1 saturated carbocycles. The van der Waals surface area contributed by atoms with E-state index in [2.05, 4.69) is 4.74 Å². The van der Waals surface area contributed by atoms with Crippen LogP contribution in [0.15, 0.2) is 0 Å². The summed E-state index contributed by atoms with van der Waals surface area (Å²) in [6.07, 6.45) is 3.06. The van der Waals surface area contributed by atoms with Gasteiger partial charge in [-0.25, -0.2) is 8.42 Å². The van der Waals surface area contributed by atoms with Crippen molar-refractivity contribution in [3.63, 3.8) is 0 Å². The van der Waals surface area contributed by atoms with Gasteiger partial charge in [-0.1, -0.05) is 12.8 Å². The zero-order valence-electron chi connectivity index (χ0n) is 8.61. The molecule has 0 aliphatic heterocycles. The molecular weight excluding hydrogens is 240 g/mol. The summed E-state index contributed by atoms with van der Waals surface area (Å²) in [5, 5.41) is -0.958. The Morgan fingerprint density at radius 3 is 2.53 bits per heavy atom. The number of hydrogen-bond donors (Lipinski definition) is 0. The topological polar surface area (TPSA) is 60.4 Å². The van der Waals surface area contributed by atoms with Crippen LogP contribution >= 0.6 is 11.6 Å². The molecule has 0 aromatic carbocycles. The van der Waals surface area contributed by atoms with Gasteiger partial charge >= 0.3 is 5.97 Å². The average molecular weight is 255 g/mol. The molecule has 0 bridgehead atoms. The Kier molecular flexibility index (Phi) is 4.40. The third-order valence-corrected chi connectivity index (χ3v) is 5.43. The van der Waals surface area contributed by atoms with Crippen molar-refractivity contribution in [1.29, 1.82) is 0 Å². The number of hydrogen-bond acceptors (Lipinski definition) is 4. The van der Waals surface area contributed by atoms with Crippen molar-refractivity contribution in [3.8, 4) is 0 Å². The molecule has 88 valence electrons. The standard InChI is InChI=1S/C9H15ClO4S/c1-14-9(11)6-15(12,13)8-5-3-2-4-7(8)10/h7-8H,2-6H2,1H3. The zero-order valence-corrected chi connectivity index (χ0v) is 10.2. The summed E-state index contributed by atoms with van der Waals surface area (Å²) in [6.45, 7) is 0. The highest BCUT2D eigenvalue weighted by Crippen LogP contribution is 2.28. The SMILES string of the molecule is COC(=O)CS(=O)(=O)C1CCCCC1Cl. The first-order valence-corrected chi connectivity index (χ1v) is 7.05. The molecule has 2 unspecified atom stereocenters. The number of carbonyl (C=O) groups excluding carboxylic acids is 1. The lowest BCUT2D eigenvalue weighted by molar-refractivity contribution is -0.137. The van der Waals surface area contributed by atoms with E-state index >= 15 is 0 Å². The van der Waals surface area contributed by atoms with E-state index in [0.717, 1.165) is 12.8 Å². The fraction of sp³-hybridized carbons (Fsp3) is 0.889. The predicted octanol–water partition coefficient (Wildman–Crippen LogP) is 1.12. The average Bonchev–Trinajstić information content (AvgIpc) is 2.17. The lowest BCUT2D eigenvalue weighted by Crippen LogP contribution is -2.37. The molecule has 2 atom stereocenters. The Balaban J connectivity index is 2.71. The first-order valence-electron chi connectivity index (χ1n) is 4.90. The number of methoxy groups -OCH3 is 1. The van der Waals surface area contributed by atoms with Crippen LogP contribution in [0.2, 0.25) is 0 Å². The Bertz CT molecular complexity index is 325. The summed E-state index contributed by atoms with van der Waals surface area (Å²) < 4.78 is 27.9. The van der Waals surface area contributed by atoms with E-state index in [4.69, 9.17) is 11.6 Å². The van der Waals surface area contributed by atoms with Crippen molar-refractivity contribution >= 4 is 27.4 Å². The number of alkyl halides is 1. The second kappa shape index (κ2) is 5.16. The molecule has 4 nitrogen and oxygen atoms in total. The van der Waals surface area contributed by atoms with Crippen molar-refractivity contribution in [2.45, 2.75) is 36.3 Å². The number of carbonyl (C=O) groups is 1. The van der Waals surface area contributed by atoms with Gasteiger partial charge in [-0.3, -0.25) is 4.79 Å². The molecular formula is C9H15ClO4S. The second-order valence-corrected chi connectivity index (χ2v) is 6.50. The van der Waals surface area contributed by atoms with Crippen LogP contribution in [0, 0.1) is 0 Å². The lowest BCUT2D eigenvalue weighted by Gasteiger charge is -2.26. The smallest absolute Gasteiger partial charge is 0.320 e. The molecule has 0 amide bonds. The van der Waals surface area contributed by atoms with Gasteiger partial charge in [0.1, 0.15) is 5.75 Å². The van der Waals surface area contributed by atoms with Gasteiger partial charge in [-0.15, -0.1) is 11.6 Å². The quantitative estimate of drug-likeness (QED) is 0.560. The van der Waals surface area contributed by atoms with Gasteiger partial charge < -0.3 is 4.74 Å². The Hall–Kier alpha value is -0.290. The molecule has 0 radical (unpaired) electrons. The molecule has 1 aliphatic carbocycles. The molecule has 6 heteroatoms. The van der Waals surface area contributed by atoms with E-state index in [1.807, 2.05) is 0 Å². The predicted molar refractivity (Wildman–Crippen MR) is 57.7 cm³/mol. The monoisotopic (exact) mass is 254 g/mol. The summed E-state index contributed by atoms with van der Waals surface area (Å²) in [7, 11) is -2.27. The van der Waals surface area contributed by atoms with Crippen molar-refractivity contribution in [2.24, 2.45) is 0 Å². The van der Waals surface area contributed by atoms with Crippen LogP contribution in [0.4, 0.5) is 0 Å². The van der Waals surface area contributed by atoms with Crippen molar-refractivity contribution in [3.05, 3.63) is 0 Å². The number of rotatable bonds is 3. The van der Waals surface area contributed by atoms with Crippen LogP contribution in [-0.2, 0) is 19.4 Å². The Morgan fingerprint density at radius 1 is 1.40 bits per heavy atom. The first-order chi connectivity index (χ1) is 6.97. The minimum absolute atomic E-state index is 0.367. The van der Waals surface area contributed by atoms with Gasteiger partial charge in [0.05, 0.1) is 17.7 Å². The third-order valence-electron chi connectivity index (χ3n) is 2.63. The van der Waals surface area contributed by atoms with E-state index in [1.165, 1.54) is 7.11 Å². The maximum Gasteiger partial charge on any atom is 0.320 e. The maximum atomic E-state index is 11.8. The third kappa shape index (κ3) is 3.34. The van der Waals surface area contributed by atoms with Crippen LogP contribution in [0.25, 0.3) is 0 Å². The van der Waals surface area contributed by atoms with E-state index in [-0.39, 0.29) is 5.38 Å². The van der Waals surface area contributed by atoms with Gasteiger partial charge in [0.15, 0.2) is 9.84 Å². The largest absolute Gasteiger partial charge is 0.468 e. The second-order valence-electron chi connectivity index (χ2n) is 3.72. The normalized spacial score (nSPS) is 27.3. The molecule has 1 rings (SSSR count). The fourth-order valence-corrected chi connectivity index (χ4v) is 4.31. The Labute approximate surface area is 94.9 Å². The summed E-state index contributed by atoms with van der Waals surface area (Å²) in [4.78, 5) is 10.9. The lowest BCUT2D eigenvalue weighted by atomic mass is 10.00. The molecule has 0 heterocycles. The minimum Gasteiger partial charge on any atom is -0.468 e. The zero-order chi connectivity index (χ0) is 11.5. The first kappa shape index (κ1) is 12.8. The van der Waals surface area contributed by atoms with Gasteiger partial charge in [0.2, 0.25) is 0 Å². The summed E-state index contributed by atoms with van der Waals surface area (Å²) >= 11 is 5.96. The number of esters is 1. The van der Waals surface area contributed by atoms with Crippen molar-refractivity contribution < 1.29 is 17.9 Å². The van der Waals surface area contributed by atoms with Gasteiger partial charge in [-0.05, 0) is 12.8 Å². The van der Waals surface area contributed by atoms with Crippen molar-refractivity contribution in [2.75, 3.05) is 12.9 Å². The van der Waals surface area contributed by atoms with Gasteiger partial charge in [0, 0.05) is 0 Å². The van der Waals surface area contributed by atoms with Crippen LogP contribution in [0.1, 0.15) is 25.7 Å². The molecule has 15 heavy (non-hydrogen) atoms. The molecule has 1 fully saturated rings. The molecule has 0 N–H and O–H groups in total. The molecule has 0 saturated heterocycles. The highest BCUT2D eigenvalue weighted by molar-refractivity contribution is 7.92. The minimum atomic E-state index is -3.45. The number of halogens is 1. The maximum absolute atomic E-state index is 11.8. The van der Waals surface area contributed by atoms with Gasteiger partial charge in [0.25, 0.3) is 0 Å². The van der Waals surface area contributed by atoms with E-state index < -0.39 is 26.8 Å². The fourth-order valence-electron chi connectivity index (χ4n) is 1.79. The van der Waals surface area contributed by atoms with E-state index in [0.29, 0.717) is 12.8 Å². The number of ether oxygens (including phenoxy) is 1. The molecule has 0 aromatic heterocycles. The van der Waals surface area contributed by atoms with Crippen LogP contribution in [-0.4, -0.2) is 37.9 Å². The van der Waals surface area contributed by atoms with Crippen LogP contribution in [0.5, 0.6) is 0 Å². The molecule has 0 spiro atoms. The highest BCUT2D eigenvalue weighted by atomic mass is 35.5. The van der Waals surface area contributed by atoms with E-state index in [9.17, 15) is 13.2 Å². The van der Waals surface area contributed by atoms with Gasteiger partial charge in [-0.2, -0.15) is 0 Å². The molecule has 1 aliphatic rings. The number of sulfone groups is 1. The van der Waals surface area contributed by atoms with Crippen molar-refractivity contribution in [1.82, 2.24) is 0 Å². The van der Waals surface area contributed by atoms with Crippen LogP contribution in [0.3, 0.4) is 0 Å². The Morgan fingerprint density at radius 2 is 2.00 bits per heavy atom. The summed E-state index contributed by atoms with van der Waals surface area (Å²) in [5.74, 6) is -1.28. The molecule has 0 aromatic rings. The summed E-state index contributed by atoms with van der Waals surface area (Å²) in [6, 6.07) is 0. The van der Waals surface area contributed by atoms with Crippen LogP contribution < -0.4 is 0 Å². The highest BCUT2D eigenvalue weighted by Gasteiger charge is 2.35. The van der Waals surface area contributed by atoms with E-state index in [1.54, 1.807) is 0 Å². The summed E-state index contributed by atoms with van der Waals surface area (Å²) in [5.41, 5.74) is 0.